The van der Waals surface area contributed by atoms with Gasteiger partial charge in [0.2, 0.25) is 12.7 Å². The molecule has 0 spiro atoms. The lowest BCUT2D eigenvalue weighted by Gasteiger charge is -2.09. The van der Waals surface area contributed by atoms with E-state index in [9.17, 15) is 9.59 Å². The summed E-state index contributed by atoms with van der Waals surface area (Å²) < 4.78 is 10.5. The smallest absolute Gasteiger partial charge is 0.405 e. The first-order valence-corrected chi connectivity index (χ1v) is 6.39. The molecular formula is C14H16N2O5. The van der Waals surface area contributed by atoms with Gasteiger partial charge in [-0.05, 0) is 31.0 Å². The minimum atomic E-state index is -1.23. The molecule has 0 saturated carbocycles. The van der Waals surface area contributed by atoms with Crippen molar-refractivity contribution in [3.63, 3.8) is 0 Å². The molecule has 1 aromatic carbocycles. The molecule has 1 unspecified atom stereocenters. The van der Waals surface area contributed by atoms with Gasteiger partial charge in [0, 0.05) is 6.20 Å². The normalized spacial score (nSPS) is 14.0. The number of amides is 2. The molecule has 0 aromatic heterocycles. The van der Waals surface area contributed by atoms with Crippen LogP contribution >= 0.6 is 0 Å². The quantitative estimate of drug-likeness (QED) is 0.758. The van der Waals surface area contributed by atoms with Crippen LogP contribution in [-0.2, 0) is 11.2 Å². The fourth-order valence-corrected chi connectivity index (χ4v) is 1.78. The maximum Gasteiger partial charge on any atom is 0.405 e. The van der Waals surface area contributed by atoms with E-state index in [4.69, 9.17) is 14.6 Å². The van der Waals surface area contributed by atoms with Gasteiger partial charge in [-0.3, -0.25) is 4.79 Å². The molecule has 1 aliphatic rings. The van der Waals surface area contributed by atoms with Crippen LogP contribution < -0.4 is 20.1 Å². The third-order valence-electron chi connectivity index (χ3n) is 2.87. The van der Waals surface area contributed by atoms with E-state index in [1.165, 1.54) is 13.1 Å². The number of hydrogen-bond acceptors (Lipinski definition) is 4. The van der Waals surface area contributed by atoms with Crippen molar-refractivity contribution in [3.8, 4) is 11.5 Å². The van der Waals surface area contributed by atoms with Gasteiger partial charge in [-0.15, -0.1) is 0 Å². The number of carbonyl (C=O) groups excluding carboxylic acids is 1. The Bertz CT molecular complexity index is 570. The van der Waals surface area contributed by atoms with Crippen LogP contribution in [-0.4, -0.2) is 29.9 Å². The Hall–Kier alpha value is -2.70. The van der Waals surface area contributed by atoms with Gasteiger partial charge >= 0.3 is 6.09 Å². The number of benzene rings is 1. The fourth-order valence-electron chi connectivity index (χ4n) is 1.78. The molecule has 0 saturated heterocycles. The molecule has 1 aromatic rings. The average molecular weight is 292 g/mol. The number of carbonyl (C=O) groups is 2. The maximum absolute atomic E-state index is 11.5. The number of allylic oxidation sites excluding steroid dienone is 1. The van der Waals surface area contributed by atoms with Crippen molar-refractivity contribution in [2.45, 2.75) is 19.4 Å². The minimum absolute atomic E-state index is 0.235. The second kappa shape index (κ2) is 6.65. The number of carboxylic acid groups (broad SMARTS) is 1. The van der Waals surface area contributed by atoms with Crippen molar-refractivity contribution in [2.24, 2.45) is 0 Å². The number of nitrogens with one attached hydrogen (secondary N) is 2. The van der Waals surface area contributed by atoms with Gasteiger partial charge in [0.15, 0.2) is 11.5 Å². The Morgan fingerprint density at radius 1 is 1.38 bits per heavy atom. The molecule has 2 amide bonds. The summed E-state index contributed by atoms with van der Waals surface area (Å²) in [4.78, 5) is 21.9. The minimum Gasteiger partial charge on any atom is -0.465 e. The van der Waals surface area contributed by atoms with Gasteiger partial charge in [0.1, 0.15) is 6.04 Å². The monoisotopic (exact) mass is 292 g/mol. The molecule has 3 N–H and O–H groups in total. The summed E-state index contributed by atoms with van der Waals surface area (Å²) in [6.45, 7) is 1.70. The van der Waals surface area contributed by atoms with Crippen LogP contribution in [0.1, 0.15) is 12.5 Å². The first-order chi connectivity index (χ1) is 10.1. The van der Waals surface area contributed by atoms with Crippen molar-refractivity contribution < 1.29 is 24.2 Å². The molecule has 112 valence electrons. The van der Waals surface area contributed by atoms with Crippen LogP contribution in [0.5, 0.6) is 11.5 Å². The molecule has 1 aliphatic heterocycles. The third-order valence-corrected chi connectivity index (χ3v) is 2.87. The lowest BCUT2D eigenvalue weighted by atomic mass is 10.1. The first-order valence-electron chi connectivity index (χ1n) is 6.39. The van der Waals surface area contributed by atoms with E-state index < -0.39 is 18.0 Å². The molecule has 2 rings (SSSR count). The highest BCUT2D eigenvalue weighted by Crippen LogP contribution is 2.32. The Kier molecular flexibility index (Phi) is 4.65. The molecule has 0 radical (unpaired) electrons. The van der Waals surface area contributed by atoms with Crippen molar-refractivity contribution in [2.75, 3.05) is 6.79 Å². The van der Waals surface area contributed by atoms with E-state index in [0.29, 0.717) is 12.2 Å². The summed E-state index contributed by atoms with van der Waals surface area (Å²) in [5.74, 6) is 1.02. The summed E-state index contributed by atoms with van der Waals surface area (Å²) >= 11 is 0. The van der Waals surface area contributed by atoms with Crippen LogP contribution in [0.2, 0.25) is 0 Å². The molecule has 1 atom stereocenters. The Labute approximate surface area is 121 Å². The van der Waals surface area contributed by atoms with Crippen molar-refractivity contribution in [1.29, 1.82) is 0 Å². The van der Waals surface area contributed by atoms with Gasteiger partial charge in [-0.2, -0.15) is 0 Å². The lowest BCUT2D eigenvalue weighted by molar-refractivity contribution is -0.121. The molecule has 0 aliphatic carbocycles. The van der Waals surface area contributed by atoms with Gasteiger partial charge < -0.3 is 25.2 Å². The molecule has 7 nitrogen and oxygen atoms in total. The second-order valence-electron chi connectivity index (χ2n) is 4.47. The molecular weight excluding hydrogens is 276 g/mol. The van der Waals surface area contributed by atoms with E-state index in [0.717, 1.165) is 11.3 Å². The van der Waals surface area contributed by atoms with Gasteiger partial charge in [0.05, 0.1) is 0 Å². The fraction of sp³-hybridized carbons (Fsp3) is 0.286. The second-order valence-corrected chi connectivity index (χ2v) is 4.47. The number of hydrogen-bond donors (Lipinski definition) is 3. The topological polar surface area (TPSA) is 96.9 Å². The lowest BCUT2D eigenvalue weighted by Crippen LogP contribution is -2.42. The van der Waals surface area contributed by atoms with Crippen LogP contribution in [0.15, 0.2) is 30.5 Å². The standard InChI is InChI=1S/C14H16N2O5/c1-9(16-14(18)19)13(17)15-6-2-3-10-4-5-11-12(7-10)21-8-20-11/h2,4-7,9,16H,3,8H2,1H3,(H,15,17)(H,18,19)/b6-2+. The highest BCUT2D eigenvalue weighted by Gasteiger charge is 2.13. The number of fused-ring (bicyclic) bond motifs is 1. The highest BCUT2D eigenvalue weighted by molar-refractivity contribution is 5.85. The first kappa shape index (κ1) is 14.7. The van der Waals surface area contributed by atoms with Crippen LogP contribution in [0, 0.1) is 0 Å². The van der Waals surface area contributed by atoms with E-state index in [1.54, 1.807) is 6.08 Å². The average Bonchev–Trinajstić information content (AvgIpc) is 2.90. The Morgan fingerprint density at radius 2 is 2.14 bits per heavy atom. The Balaban J connectivity index is 1.80. The van der Waals surface area contributed by atoms with Crippen LogP contribution in [0.4, 0.5) is 4.79 Å². The molecule has 7 heteroatoms. The summed E-state index contributed by atoms with van der Waals surface area (Å²) in [6.07, 6.45) is 2.63. The summed E-state index contributed by atoms with van der Waals surface area (Å²) in [7, 11) is 0. The van der Waals surface area contributed by atoms with E-state index in [1.807, 2.05) is 18.2 Å². The van der Waals surface area contributed by atoms with E-state index >= 15 is 0 Å². The van der Waals surface area contributed by atoms with Crippen molar-refractivity contribution >= 4 is 12.0 Å². The summed E-state index contributed by atoms with van der Waals surface area (Å²) in [5.41, 5.74) is 1.02. The van der Waals surface area contributed by atoms with Crippen molar-refractivity contribution in [1.82, 2.24) is 10.6 Å². The highest BCUT2D eigenvalue weighted by atomic mass is 16.7. The zero-order chi connectivity index (χ0) is 15.2. The summed E-state index contributed by atoms with van der Waals surface area (Å²) in [5, 5.41) is 13.1. The molecule has 0 bridgehead atoms. The predicted molar refractivity (Wildman–Crippen MR) is 74.2 cm³/mol. The maximum atomic E-state index is 11.5. The van der Waals surface area contributed by atoms with E-state index in [-0.39, 0.29) is 6.79 Å². The van der Waals surface area contributed by atoms with Gasteiger partial charge in [-0.25, -0.2) is 4.79 Å². The molecule has 1 heterocycles. The van der Waals surface area contributed by atoms with Crippen molar-refractivity contribution in [3.05, 3.63) is 36.0 Å². The largest absolute Gasteiger partial charge is 0.465 e. The van der Waals surface area contributed by atoms with Gasteiger partial charge in [0.25, 0.3) is 0 Å². The van der Waals surface area contributed by atoms with Crippen LogP contribution in [0.25, 0.3) is 0 Å². The number of rotatable bonds is 5. The molecule has 0 fully saturated rings. The zero-order valence-corrected chi connectivity index (χ0v) is 11.5. The summed E-state index contributed by atoms with van der Waals surface area (Å²) in [6, 6.07) is 4.82. The third kappa shape index (κ3) is 4.13. The number of ether oxygens (including phenoxy) is 2. The Morgan fingerprint density at radius 3 is 2.90 bits per heavy atom. The van der Waals surface area contributed by atoms with Crippen LogP contribution in [0.3, 0.4) is 0 Å². The SMILES string of the molecule is CC(NC(=O)O)C(=O)N/C=C/Cc1ccc2c(c1)OCO2. The predicted octanol–water partition coefficient (Wildman–Crippen LogP) is 1.24. The van der Waals surface area contributed by atoms with E-state index in [2.05, 4.69) is 10.6 Å². The van der Waals surface area contributed by atoms with Gasteiger partial charge in [-0.1, -0.05) is 12.1 Å². The molecule has 21 heavy (non-hydrogen) atoms. The zero-order valence-electron chi connectivity index (χ0n) is 11.5.